The van der Waals surface area contributed by atoms with Crippen molar-refractivity contribution in [2.45, 2.75) is 24.5 Å². The second-order valence-corrected chi connectivity index (χ2v) is 8.84. The quantitative estimate of drug-likeness (QED) is 0.307. The number of nitrogens with two attached hydrogens (primary N) is 1. The third kappa shape index (κ3) is 7.48. The molecule has 0 saturated carbocycles. The average Bonchev–Trinajstić information content (AvgIpc) is 2.70. The highest BCUT2D eigenvalue weighted by Crippen LogP contribution is 2.23. The third-order valence-electron chi connectivity index (χ3n) is 3.97. The predicted octanol–water partition coefficient (Wildman–Crippen LogP) is -1.17. The number of carboxylic acid groups (broad SMARTS) is 1. The summed E-state index contributed by atoms with van der Waals surface area (Å²) in [6.07, 6.45) is 0.213. The molecule has 10 nitrogen and oxygen atoms in total. The van der Waals surface area contributed by atoms with E-state index in [1.54, 1.807) is 12.1 Å². The van der Waals surface area contributed by atoms with Gasteiger partial charge in [-0.2, -0.15) is 0 Å². The summed E-state index contributed by atoms with van der Waals surface area (Å²) in [7, 11) is 2.39. The minimum atomic E-state index is -1.16. The average molecular weight is 443 g/mol. The number of rotatable bonds is 5. The van der Waals surface area contributed by atoms with Gasteiger partial charge in [0.15, 0.2) is 0 Å². The fraction of sp³-hybridized carbons (Fsp3) is 0.412. The molecule has 1 fully saturated rings. The number of amides is 3. The Hall–Kier alpha value is -2.44. The molecule has 1 aromatic carbocycles. The number of carbonyl (C=O) groups is 4. The molecule has 1 aliphatic rings. The molecular weight excluding hydrogens is 420 g/mol. The van der Waals surface area contributed by atoms with Crippen molar-refractivity contribution in [3.05, 3.63) is 29.8 Å². The Kier molecular flexibility index (Phi) is 8.61. The fourth-order valence-corrected chi connectivity index (χ4v) is 4.70. The van der Waals surface area contributed by atoms with Crippen LogP contribution < -0.4 is 21.7 Å². The van der Waals surface area contributed by atoms with Crippen LogP contribution in [0.5, 0.6) is 5.75 Å². The lowest BCUT2D eigenvalue weighted by Gasteiger charge is -2.20. The van der Waals surface area contributed by atoms with Gasteiger partial charge in [0.05, 0.1) is 12.6 Å². The SMILES string of the molecule is N[C@@H](Cc1ccc(O)cc1)C(=O)N[C@H]1CSSC[C@@H](C(=O)O)NC(=O)CNC1=O. The van der Waals surface area contributed by atoms with Crippen LogP contribution in [0, 0.1) is 0 Å². The van der Waals surface area contributed by atoms with Gasteiger partial charge >= 0.3 is 5.97 Å². The first-order chi connectivity index (χ1) is 13.8. The first kappa shape index (κ1) is 22.8. The number of carbonyl (C=O) groups excluding carboxylic acids is 3. The van der Waals surface area contributed by atoms with Crippen molar-refractivity contribution in [2.75, 3.05) is 18.1 Å². The van der Waals surface area contributed by atoms with Gasteiger partial charge in [0.2, 0.25) is 17.7 Å². The Morgan fingerprint density at radius 2 is 1.86 bits per heavy atom. The standard InChI is InChI=1S/C17H22N4O6S2/c18-11(5-9-1-3-10(22)4-2-9)15(24)21-12-7-28-29-8-13(17(26)27)20-14(23)6-19-16(12)25/h1-4,11-13,22H,5-8,18H2,(H,19,25)(H,20,23)(H,21,24)(H,26,27)/t11-,12-,13-/m0/s1. The monoisotopic (exact) mass is 442 g/mol. The summed E-state index contributed by atoms with van der Waals surface area (Å²) in [6.45, 7) is -0.399. The van der Waals surface area contributed by atoms with Crippen molar-refractivity contribution in [2.24, 2.45) is 5.73 Å². The number of carboxylic acids is 1. The number of aromatic hydroxyl groups is 1. The topological polar surface area (TPSA) is 171 Å². The first-order valence-corrected chi connectivity index (χ1v) is 11.1. The van der Waals surface area contributed by atoms with Crippen molar-refractivity contribution in [1.29, 1.82) is 0 Å². The Morgan fingerprint density at radius 1 is 1.21 bits per heavy atom. The molecule has 1 saturated heterocycles. The zero-order valence-electron chi connectivity index (χ0n) is 15.3. The van der Waals surface area contributed by atoms with Crippen LogP contribution in [-0.2, 0) is 25.6 Å². The van der Waals surface area contributed by atoms with Crippen molar-refractivity contribution < 1.29 is 29.4 Å². The van der Waals surface area contributed by atoms with Crippen molar-refractivity contribution in [3.8, 4) is 5.75 Å². The molecule has 3 atom stereocenters. The lowest BCUT2D eigenvalue weighted by atomic mass is 10.1. The molecule has 0 aliphatic carbocycles. The number of aliphatic carboxylic acids is 1. The Bertz CT molecular complexity index is 761. The van der Waals surface area contributed by atoms with Crippen LogP contribution in [0.15, 0.2) is 24.3 Å². The molecule has 2 rings (SSSR count). The van der Waals surface area contributed by atoms with Crippen molar-refractivity contribution in [3.63, 3.8) is 0 Å². The summed E-state index contributed by atoms with van der Waals surface area (Å²) < 4.78 is 0. The third-order valence-corrected chi connectivity index (χ3v) is 6.39. The molecule has 0 spiro atoms. The number of hydrogen-bond donors (Lipinski definition) is 6. The van der Waals surface area contributed by atoms with Gasteiger partial charge in [-0.25, -0.2) is 4.79 Å². The van der Waals surface area contributed by atoms with E-state index in [0.29, 0.717) is 0 Å². The molecule has 0 radical (unpaired) electrons. The molecule has 158 valence electrons. The lowest BCUT2D eigenvalue weighted by Crippen LogP contribution is -2.54. The molecule has 0 aromatic heterocycles. The van der Waals surface area contributed by atoms with Crippen LogP contribution in [0.3, 0.4) is 0 Å². The van der Waals surface area contributed by atoms with Gasteiger partial charge in [-0.15, -0.1) is 0 Å². The molecule has 0 bridgehead atoms. The van der Waals surface area contributed by atoms with Crippen LogP contribution in [0.4, 0.5) is 0 Å². The van der Waals surface area contributed by atoms with Gasteiger partial charge in [-0.1, -0.05) is 33.7 Å². The largest absolute Gasteiger partial charge is 0.508 e. The second-order valence-electron chi connectivity index (χ2n) is 6.28. The number of phenols is 1. The second kappa shape index (κ2) is 10.9. The molecule has 7 N–H and O–H groups in total. The maximum atomic E-state index is 12.4. The highest BCUT2D eigenvalue weighted by molar-refractivity contribution is 8.76. The van der Waals surface area contributed by atoms with Gasteiger partial charge in [-0.3, -0.25) is 14.4 Å². The summed E-state index contributed by atoms with van der Waals surface area (Å²) in [5.41, 5.74) is 6.68. The molecule has 29 heavy (non-hydrogen) atoms. The molecule has 1 aromatic rings. The first-order valence-electron chi connectivity index (χ1n) is 8.64. The van der Waals surface area contributed by atoms with E-state index in [0.717, 1.165) is 5.56 Å². The summed E-state index contributed by atoms with van der Waals surface area (Å²) >= 11 is 0. The lowest BCUT2D eigenvalue weighted by molar-refractivity contribution is -0.141. The Labute approximate surface area is 174 Å². The highest BCUT2D eigenvalue weighted by atomic mass is 33.1. The molecule has 3 amide bonds. The van der Waals surface area contributed by atoms with Crippen LogP contribution in [0.1, 0.15) is 5.56 Å². The zero-order valence-corrected chi connectivity index (χ0v) is 16.9. The molecule has 0 unspecified atom stereocenters. The molecule has 12 heteroatoms. The van der Waals surface area contributed by atoms with E-state index >= 15 is 0 Å². The van der Waals surface area contributed by atoms with Crippen molar-refractivity contribution >= 4 is 45.3 Å². The number of phenolic OH excluding ortho intramolecular Hbond substituents is 1. The summed E-state index contributed by atoms with van der Waals surface area (Å²) in [5.74, 6) is -2.51. The van der Waals surface area contributed by atoms with Crippen LogP contribution in [-0.4, -0.2) is 70.1 Å². The van der Waals surface area contributed by atoms with Gasteiger partial charge in [0, 0.05) is 11.5 Å². The fourth-order valence-electron chi connectivity index (χ4n) is 2.38. The van der Waals surface area contributed by atoms with E-state index in [-0.39, 0.29) is 23.7 Å². The minimum absolute atomic E-state index is 0.101. The van der Waals surface area contributed by atoms with E-state index in [2.05, 4.69) is 16.0 Å². The van der Waals surface area contributed by atoms with E-state index in [4.69, 9.17) is 10.8 Å². The maximum Gasteiger partial charge on any atom is 0.327 e. The normalized spacial score (nSPS) is 21.8. The van der Waals surface area contributed by atoms with Crippen LogP contribution in [0.2, 0.25) is 0 Å². The van der Waals surface area contributed by atoms with Crippen molar-refractivity contribution in [1.82, 2.24) is 16.0 Å². The predicted molar refractivity (Wildman–Crippen MR) is 109 cm³/mol. The van der Waals surface area contributed by atoms with E-state index < -0.39 is 48.4 Å². The smallest absolute Gasteiger partial charge is 0.327 e. The van der Waals surface area contributed by atoms with Crippen LogP contribution in [0.25, 0.3) is 0 Å². The zero-order chi connectivity index (χ0) is 21.4. The Balaban J connectivity index is 1.96. The van der Waals surface area contributed by atoms with Gasteiger partial charge < -0.3 is 31.9 Å². The molecule has 1 aliphatic heterocycles. The molecular formula is C17H22N4O6S2. The minimum Gasteiger partial charge on any atom is -0.508 e. The van der Waals surface area contributed by atoms with Gasteiger partial charge in [-0.05, 0) is 24.1 Å². The summed E-state index contributed by atoms with van der Waals surface area (Å²) in [6, 6.07) is 3.35. The van der Waals surface area contributed by atoms with Gasteiger partial charge in [0.1, 0.15) is 17.8 Å². The van der Waals surface area contributed by atoms with Gasteiger partial charge in [0.25, 0.3) is 0 Å². The van der Waals surface area contributed by atoms with E-state index in [9.17, 15) is 24.3 Å². The maximum absolute atomic E-state index is 12.4. The highest BCUT2D eigenvalue weighted by Gasteiger charge is 2.27. The van der Waals surface area contributed by atoms with E-state index in [1.165, 1.54) is 33.7 Å². The number of hydrogen-bond acceptors (Lipinski definition) is 8. The van der Waals surface area contributed by atoms with Crippen LogP contribution >= 0.6 is 21.6 Å². The summed E-state index contributed by atoms with van der Waals surface area (Å²) in [4.78, 5) is 47.7. The van der Waals surface area contributed by atoms with E-state index in [1.807, 2.05) is 0 Å². The molecule has 1 heterocycles. The number of benzene rings is 1. The number of nitrogens with one attached hydrogen (secondary N) is 3. The Morgan fingerprint density at radius 3 is 2.52 bits per heavy atom. The summed E-state index contributed by atoms with van der Waals surface area (Å²) in [5, 5.41) is 25.7.